The van der Waals surface area contributed by atoms with E-state index in [4.69, 9.17) is 4.74 Å². The highest BCUT2D eigenvalue weighted by molar-refractivity contribution is 5.76. The van der Waals surface area contributed by atoms with Crippen molar-refractivity contribution in [3.63, 3.8) is 0 Å². The quantitative estimate of drug-likeness (QED) is 0.762. The summed E-state index contributed by atoms with van der Waals surface area (Å²) < 4.78 is 5.56. The number of carbonyl (C=O) groups excluding carboxylic acids is 1. The molecule has 0 aromatic carbocycles. The van der Waals surface area contributed by atoms with Crippen molar-refractivity contribution in [1.29, 1.82) is 0 Å². The number of rotatable bonds is 6. The van der Waals surface area contributed by atoms with Crippen LogP contribution in [0.15, 0.2) is 0 Å². The molecule has 2 unspecified atom stereocenters. The Bertz CT molecular complexity index is 227. The first-order valence-electron chi connectivity index (χ1n) is 6.77. The number of ether oxygens (including phenoxy) is 1. The molecule has 100 valence electrons. The van der Waals surface area contributed by atoms with Crippen molar-refractivity contribution in [2.75, 3.05) is 32.8 Å². The Morgan fingerprint density at radius 3 is 2.82 bits per heavy atom. The predicted molar refractivity (Wildman–Crippen MR) is 68.9 cm³/mol. The van der Waals surface area contributed by atoms with Gasteiger partial charge in [0, 0.05) is 26.2 Å². The molecule has 0 aliphatic carbocycles. The number of nitrogens with one attached hydrogen (secondary N) is 1. The van der Waals surface area contributed by atoms with Crippen molar-refractivity contribution in [2.24, 2.45) is 5.92 Å². The van der Waals surface area contributed by atoms with Gasteiger partial charge in [-0.1, -0.05) is 20.3 Å². The summed E-state index contributed by atoms with van der Waals surface area (Å²) in [7, 11) is 0. The number of hydrogen-bond acceptors (Lipinski definition) is 3. The molecule has 1 rings (SSSR count). The lowest BCUT2D eigenvalue weighted by Gasteiger charge is -2.28. The maximum absolute atomic E-state index is 12.1. The van der Waals surface area contributed by atoms with Gasteiger partial charge in [0.2, 0.25) is 5.91 Å². The normalized spacial score (nSPS) is 22.2. The fraction of sp³-hybridized carbons (Fsp3) is 0.923. The average Bonchev–Trinajstić information content (AvgIpc) is 2.36. The van der Waals surface area contributed by atoms with Gasteiger partial charge in [0.1, 0.15) is 0 Å². The topological polar surface area (TPSA) is 41.6 Å². The molecule has 1 heterocycles. The van der Waals surface area contributed by atoms with Gasteiger partial charge < -0.3 is 15.0 Å². The van der Waals surface area contributed by atoms with Gasteiger partial charge in [-0.2, -0.15) is 0 Å². The molecule has 0 bridgehead atoms. The van der Waals surface area contributed by atoms with Gasteiger partial charge in [-0.15, -0.1) is 0 Å². The third-order valence-corrected chi connectivity index (χ3v) is 3.37. The summed E-state index contributed by atoms with van der Waals surface area (Å²) in [6.45, 7) is 10.5. The first-order valence-corrected chi connectivity index (χ1v) is 6.77. The zero-order valence-electron chi connectivity index (χ0n) is 11.4. The zero-order chi connectivity index (χ0) is 12.7. The van der Waals surface area contributed by atoms with E-state index in [9.17, 15) is 4.79 Å². The Morgan fingerprint density at radius 1 is 1.53 bits per heavy atom. The molecule has 1 aliphatic rings. The minimum absolute atomic E-state index is 0.0576. The molecule has 0 aromatic heterocycles. The van der Waals surface area contributed by atoms with Crippen molar-refractivity contribution < 1.29 is 9.53 Å². The molecule has 4 nitrogen and oxygen atoms in total. The third-order valence-electron chi connectivity index (χ3n) is 3.37. The summed E-state index contributed by atoms with van der Waals surface area (Å²) in [6.07, 6.45) is 1.69. The van der Waals surface area contributed by atoms with Gasteiger partial charge in [0.15, 0.2) is 0 Å². The molecule has 17 heavy (non-hydrogen) atoms. The summed E-state index contributed by atoms with van der Waals surface area (Å²) in [5.74, 6) is 0.797. The van der Waals surface area contributed by atoms with Crippen molar-refractivity contribution in [2.45, 2.75) is 39.7 Å². The van der Waals surface area contributed by atoms with Gasteiger partial charge in [-0.3, -0.25) is 4.79 Å². The lowest BCUT2D eigenvalue weighted by molar-refractivity contribution is -0.135. The highest BCUT2D eigenvalue weighted by atomic mass is 16.5. The second-order valence-corrected chi connectivity index (χ2v) is 4.85. The van der Waals surface area contributed by atoms with E-state index in [1.807, 2.05) is 11.8 Å². The molecule has 4 heteroatoms. The van der Waals surface area contributed by atoms with Crippen LogP contribution in [0.3, 0.4) is 0 Å². The first kappa shape index (κ1) is 14.5. The molecule has 0 saturated carbocycles. The number of nitrogens with zero attached hydrogens (tertiary/aromatic N) is 1. The fourth-order valence-corrected chi connectivity index (χ4v) is 1.99. The number of morpholine rings is 1. The van der Waals surface area contributed by atoms with Crippen LogP contribution in [0.5, 0.6) is 0 Å². The first-order chi connectivity index (χ1) is 8.17. The third kappa shape index (κ3) is 5.04. The van der Waals surface area contributed by atoms with E-state index >= 15 is 0 Å². The van der Waals surface area contributed by atoms with Crippen molar-refractivity contribution in [3.8, 4) is 0 Å². The second-order valence-electron chi connectivity index (χ2n) is 4.85. The number of hydrogen-bond donors (Lipinski definition) is 1. The van der Waals surface area contributed by atoms with Crippen LogP contribution in [0.25, 0.3) is 0 Å². The van der Waals surface area contributed by atoms with Crippen LogP contribution in [0.4, 0.5) is 0 Å². The SMILES string of the molecule is CCC(C)CN(CC)C(=O)CC1CNCCO1. The van der Waals surface area contributed by atoms with E-state index in [0.29, 0.717) is 12.3 Å². The van der Waals surface area contributed by atoms with Gasteiger partial charge in [-0.25, -0.2) is 0 Å². The largest absolute Gasteiger partial charge is 0.375 e. The van der Waals surface area contributed by atoms with Crippen LogP contribution in [-0.2, 0) is 9.53 Å². The molecule has 0 aromatic rings. The Kier molecular flexibility index (Phi) is 6.52. The minimum Gasteiger partial charge on any atom is -0.375 e. The number of carbonyl (C=O) groups is 1. The molecular weight excluding hydrogens is 216 g/mol. The van der Waals surface area contributed by atoms with Crippen molar-refractivity contribution in [3.05, 3.63) is 0 Å². The maximum atomic E-state index is 12.1. The fourth-order valence-electron chi connectivity index (χ4n) is 1.99. The van der Waals surface area contributed by atoms with Gasteiger partial charge in [0.05, 0.1) is 19.1 Å². The van der Waals surface area contributed by atoms with Gasteiger partial charge in [0.25, 0.3) is 0 Å². The summed E-state index contributed by atoms with van der Waals surface area (Å²) in [4.78, 5) is 14.1. The molecule has 1 amide bonds. The molecular formula is C13H26N2O2. The van der Waals surface area contributed by atoms with Crippen LogP contribution in [0.2, 0.25) is 0 Å². The Labute approximate surface area is 105 Å². The Hall–Kier alpha value is -0.610. The van der Waals surface area contributed by atoms with Gasteiger partial charge >= 0.3 is 0 Å². The lowest BCUT2D eigenvalue weighted by Crippen LogP contribution is -2.43. The molecule has 0 radical (unpaired) electrons. The summed E-state index contributed by atoms with van der Waals surface area (Å²) >= 11 is 0. The summed E-state index contributed by atoms with van der Waals surface area (Å²) in [5, 5.41) is 3.25. The van der Waals surface area contributed by atoms with E-state index in [2.05, 4.69) is 19.2 Å². The highest BCUT2D eigenvalue weighted by Crippen LogP contribution is 2.09. The smallest absolute Gasteiger partial charge is 0.225 e. The predicted octanol–water partition coefficient (Wildman–Crippen LogP) is 1.26. The maximum Gasteiger partial charge on any atom is 0.225 e. The van der Waals surface area contributed by atoms with Crippen molar-refractivity contribution in [1.82, 2.24) is 10.2 Å². The lowest BCUT2D eigenvalue weighted by atomic mass is 10.1. The van der Waals surface area contributed by atoms with Crippen molar-refractivity contribution >= 4 is 5.91 Å². The van der Waals surface area contributed by atoms with E-state index < -0.39 is 0 Å². The molecule has 2 atom stereocenters. The number of amides is 1. The highest BCUT2D eigenvalue weighted by Gasteiger charge is 2.21. The van der Waals surface area contributed by atoms with Crippen LogP contribution < -0.4 is 5.32 Å². The van der Waals surface area contributed by atoms with Crippen LogP contribution in [-0.4, -0.2) is 49.7 Å². The van der Waals surface area contributed by atoms with Gasteiger partial charge in [-0.05, 0) is 12.8 Å². The second kappa shape index (κ2) is 7.67. The van der Waals surface area contributed by atoms with Crippen LogP contribution >= 0.6 is 0 Å². The Balaban J connectivity index is 2.36. The summed E-state index contributed by atoms with van der Waals surface area (Å²) in [6, 6.07) is 0. The van der Waals surface area contributed by atoms with Crippen LogP contribution in [0, 0.1) is 5.92 Å². The van der Waals surface area contributed by atoms with E-state index in [1.54, 1.807) is 0 Å². The monoisotopic (exact) mass is 242 g/mol. The van der Waals surface area contributed by atoms with E-state index in [0.717, 1.165) is 39.2 Å². The van der Waals surface area contributed by atoms with E-state index in [-0.39, 0.29) is 12.0 Å². The molecule has 0 spiro atoms. The standard InChI is InChI=1S/C13H26N2O2/c1-4-11(3)10-15(5-2)13(16)8-12-9-14-6-7-17-12/h11-12,14H,4-10H2,1-3H3. The van der Waals surface area contributed by atoms with E-state index in [1.165, 1.54) is 0 Å². The Morgan fingerprint density at radius 2 is 2.29 bits per heavy atom. The molecule has 1 aliphatic heterocycles. The minimum atomic E-state index is 0.0576. The average molecular weight is 242 g/mol. The summed E-state index contributed by atoms with van der Waals surface area (Å²) in [5.41, 5.74) is 0. The molecule has 1 fully saturated rings. The van der Waals surface area contributed by atoms with Crippen LogP contribution in [0.1, 0.15) is 33.6 Å². The molecule has 1 saturated heterocycles. The zero-order valence-corrected chi connectivity index (χ0v) is 11.4. The molecule has 1 N–H and O–H groups in total.